The Bertz CT molecular complexity index is 1120. The molecule has 0 fully saturated rings. The van der Waals surface area contributed by atoms with Crippen LogP contribution in [-0.4, -0.2) is 33.5 Å². The van der Waals surface area contributed by atoms with Crippen LogP contribution in [0.5, 0.6) is 0 Å². The van der Waals surface area contributed by atoms with Gasteiger partial charge < -0.3 is 10.3 Å². The van der Waals surface area contributed by atoms with E-state index in [0.717, 1.165) is 17.1 Å². The summed E-state index contributed by atoms with van der Waals surface area (Å²) in [6.07, 6.45) is 1.45. The van der Waals surface area contributed by atoms with Gasteiger partial charge in [0.1, 0.15) is 11.8 Å². The Hall–Kier alpha value is -2.96. The number of aromatic amines is 2. The number of fused-ring (bicyclic) bond motifs is 1. The number of H-pyrrole nitrogens is 2. The first-order valence-electron chi connectivity index (χ1n) is 8.59. The van der Waals surface area contributed by atoms with Crippen LogP contribution in [0.25, 0.3) is 22.4 Å². The van der Waals surface area contributed by atoms with E-state index in [1.165, 1.54) is 17.5 Å². The Morgan fingerprint density at radius 1 is 1.00 bits per heavy atom. The summed E-state index contributed by atoms with van der Waals surface area (Å²) in [5.41, 5.74) is 4.81. The molecule has 4 rings (SSSR count). The van der Waals surface area contributed by atoms with E-state index in [4.69, 9.17) is 11.6 Å². The van der Waals surface area contributed by atoms with Crippen LogP contribution in [0.2, 0.25) is 5.02 Å². The lowest BCUT2D eigenvalue weighted by Gasteiger charge is -2.18. The fourth-order valence-corrected chi connectivity index (χ4v) is 3.40. The summed E-state index contributed by atoms with van der Waals surface area (Å²) >= 11 is 6.02. The average molecular weight is 380 g/mol. The molecule has 0 aliphatic heterocycles. The molecule has 6 nitrogen and oxygen atoms in total. The lowest BCUT2D eigenvalue weighted by molar-refractivity contribution is 0.708. The summed E-state index contributed by atoms with van der Waals surface area (Å²) in [6.45, 7) is 0.809. The van der Waals surface area contributed by atoms with Crippen molar-refractivity contribution in [3.05, 3.63) is 81.5 Å². The third-order valence-corrected chi connectivity index (χ3v) is 4.84. The van der Waals surface area contributed by atoms with E-state index < -0.39 is 0 Å². The number of nitrogens with zero attached hydrogens (tertiary/aromatic N) is 2. The molecule has 3 N–H and O–H groups in total. The third-order valence-electron chi connectivity index (χ3n) is 4.58. The second kappa shape index (κ2) is 7.34. The summed E-state index contributed by atoms with van der Waals surface area (Å²) in [5, 5.41) is 3.98. The molecule has 0 amide bonds. The van der Waals surface area contributed by atoms with Gasteiger partial charge in [-0.25, -0.2) is 14.8 Å². The molecule has 2 aromatic heterocycles. The van der Waals surface area contributed by atoms with Gasteiger partial charge in [-0.05, 0) is 30.3 Å². The summed E-state index contributed by atoms with van der Waals surface area (Å²) in [5.74, 6) is 0.207. The van der Waals surface area contributed by atoms with Gasteiger partial charge in [0.25, 0.3) is 0 Å². The molecule has 7 heteroatoms. The van der Waals surface area contributed by atoms with Crippen LogP contribution in [0.1, 0.15) is 17.0 Å². The maximum atomic E-state index is 11.6. The Morgan fingerprint density at radius 3 is 2.33 bits per heavy atom. The summed E-state index contributed by atoms with van der Waals surface area (Å²) < 4.78 is 0. The largest absolute Gasteiger partial charge is 0.325 e. The fraction of sp³-hybridized carbons (Fsp3) is 0.150. The van der Waals surface area contributed by atoms with Gasteiger partial charge in [0, 0.05) is 23.0 Å². The minimum atomic E-state index is -0.291. The molecule has 1 atom stereocenters. The van der Waals surface area contributed by atoms with E-state index in [0.29, 0.717) is 16.9 Å². The summed E-state index contributed by atoms with van der Waals surface area (Å²) in [4.78, 5) is 25.4. The van der Waals surface area contributed by atoms with E-state index >= 15 is 0 Å². The highest BCUT2D eigenvalue weighted by atomic mass is 35.5. The Labute approximate surface area is 160 Å². The van der Waals surface area contributed by atoms with Crippen LogP contribution in [0.3, 0.4) is 0 Å². The highest BCUT2D eigenvalue weighted by molar-refractivity contribution is 6.30. The first kappa shape index (κ1) is 17.5. The zero-order valence-electron chi connectivity index (χ0n) is 14.7. The number of rotatable bonds is 5. The normalized spacial score (nSPS) is 12.4. The predicted molar refractivity (Wildman–Crippen MR) is 107 cm³/mol. The van der Waals surface area contributed by atoms with Crippen LogP contribution in [0.4, 0.5) is 0 Å². The van der Waals surface area contributed by atoms with Gasteiger partial charge in [0.05, 0.1) is 5.69 Å². The SMILES string of the molecule is CNCC(c1ccc(Cl)cc1)c1ccc(-c2ncnc3[nH]c(=O)[nH]c23)cc1. The molecular weight excluding hydrogens is 362 g/mol. The number of hydrogen-bond donors (Lipinski definition) is 3. The lowest BCUT2D eigenvalue weighted by Crippen LogP contribution is -2.18. The van der Waals surface area contributed by atoms with Crippen LogP contribution >= 0.6 is 11.6 Å². The van der Waals surface area contributed by atoms with E-state index in [9.17, 15) is 4.79 Å². The van der Waals surface area contributed by atoms with Gasteiger partial charge in [-0.2, -0.15) is 0 Å². The molecule has 0 saturated heterocycles. The van der Waals surface area contributed by atoms with Crippen molar-refractivity contribution in [2.75, 3.05) is 13.6 Å². The van der Waals surface area contributed by atoms with Crippen LogP contribution in [0.15, 0.2) is 59.7 Å². The molecule has 0 aliphatic rings. The average Bonchev–Trinajstić information content (AvgIpc) is 3.07. The topological polar surface area (TPSA) is 86.5 Å². The van der Waals surface area contributed by atoms with Crippen molar-refractivity contribution in [2.24, 2.45) is 0 Å². The Morgan fingerprint density at radius 2 is 1.67 bits per heavy atom. The van der Waals surface area contributed by atoms with Gasteiger partial charge in [-0.15, -0.1) is 0 Å². The quantitative estimate of drug-likeness (QED) is 0.496. The van der Waals surface area contributed by atoms with Gasteiger partial charge in [0.2, 0.25) is 0 Å². The summed E-state index contributed by atoms with van der Waals surface area (Å²) in [6, 6.07) is 16.1. The molecule has 2 aromatic carbocycles. The number of halogens is 1. The highest BCUT2D eigenvalue weighted by Gasteiger charge is 2.15. The smallest absolute Gasteiger partial charge is 0.319 e. The first-order chi connectivity index (χ1) is 13.2. The molecule has 136 valence electrons. The molecule has 0 radical (unpaired) electrons. The number of benzene rings is 2. The third kappa shape index (κ3) is 3.49. The fourth-order valence-electron chi connectivity index (χ4n) is 3.27. The number of nitrogens with one attached hydrogen (secondary N) is 3. The van der Waals surface area contributed by atoms with Crippen molar-refractivity contribution in [1.29, 1.82) is 0 Å². The number of likely N-dealkylation sites (N-methyl/N-ethyl adjacent to an activating group) is 1. The monoisotopic (exact) mass is 379 g/mol. The number of aromatic nitrogens is 4. The molecule has 0 saturated carbocycles. The minimum absolute atomic E-state index is 0.207. The van der Waals surface area contributed by atoms with Crippen LogP contribution < -0.4 is 11.0 Å². The molecule has 27 heavy (non-hydrogen) atoms. The number of hydrogen-bond acceptors (Lipinski definition) is 4. The Kier molecular flexibility index (Phi) is 4.75. The minimum Gasteiger partial charge on any atom is -0.319 e. The second-order valence-electron chi connectivity index (χ2n) is 6.31. The molecule has 4 aromatic rings. The second-order valence-corrected chi connectivity index (χ2v) is 6.75. The van der Waals surface area contributed by atoms with E-state index in [1.54, 1.807) is 0 Å². The van der Waals surface area contributed by atoms with Gasteiger partial charge in [-0.3, -0.25) is 4.98 Å². The van der Waals surface area contributed by atoms with E-state index in [1.807, 2.05) is 31.3 Å². The van der Waals surface area contributed by atoms with Crippen LogP contribution in [0, 0.1) is 0 Å². The molecule has 0 bridgehead atoms. The van der Waals surface area contributed by atoms with Crippen molar-refractivity contribution in [3.8, 4) is 11.3 Å². The van der Waals surface area contributed by atoms with Crippen molar-refractivity contribution in [2.45, 2.75) is 5.92 Å². The van der Waals surface area contributed by atoms with Crippen molar-refractivity contribution in [1.82, 2.24) is 25.3 Å². The lowest BCUT2D eigenvalue weighted by atomic mass is 9.90. The van der Waals surface area contributed by atoms with E-state index in [-0.39, 0.29) is 11.6 Å². The molecule has 2 heterocycles. The van der Waals surface area contributed by atoms with Gasteiger partial charge >= 0.3 is 5.69 Å². The maximum absolute atomic E-state index is 11.6. The molecule has 1 unspecified atom stereocenters. The molecular formula is C20H18ClN5O. The summed E-state index contributed by atoms with van der Waals surface area (Å²) in [7, 11) is 1.94. The van der Waals surface area contributed by atoms with E-state index in [2.05, 4.69) is 49.5 Å². The Balaban J connectivity index is 1.71. The first-order valence-corrected chi connectivity index (χ1v) is 8.97. The zero-order valence-corrected chi connectivity index (χ0v) is 15.4. The van der Waals surface area contributed by atoms with Crippen molar-refractivity contribution in [3.63, 3.8) is 0 Å². The maximum Gasteiger partial charge on any atom is 0.325 e. The zero-order chi connectivity index (χ0) is 18.8. The molecule has 0 spiro atoms. The van der Waals surface area contributed by atoms with Gasteiger partial charge in [0.15, 0.2) is 5.65 Å². The predicted octanol–water partition coefficient (Wildman–Crippen LogP) is 3.32. The van der Waals surface area contributed by atoms with Gasteiger partial charge in [-0.1, -0.05) is 48.0 Å². The standard InChI is InChI=1S/C20H18ClN5O/c1-22-10-16(13-6-8-15(21)9-7-13)12-2-4-14(5-3-12)17-18-19(24-11-23-17)26-20(27)25-18/h2-9,11,16,22H,10H2,1H3,(H2,23,24,25,26,27). The highest BCUT2D eigenvalue weighted by Crippen LogP contribution is 2.28. The molecule has 0 aliphatic carbocycles. The number of imidazole rings is 1. The van der Waals surface area contributed by atoms with Crippen molar-refractivity contribution >= 4 is 22.8 Å². The van der Waals surface area contributed by atoms with Crippen molar-refractivity contribution < 1.29 is 0 Å². The van der Waals surface area contributed by atoms with Crippen LogP contribution in [-0.2, 0) is 0 Å².